The van der Waals surface area contributed by atoms with E-state index in [0.717, 1.165) is 49.3 Å². The number of aryl methyl sites for hydroxylation is 1. The third-order valence-electron chi connectivity index (χ3n) is 7.44. The van der Waals surface area contributed by atoms with Gasteiger partial charge in [-0.1, -0.05) is 18.3 Å². The van der Waals surface area contributed by atoms with Crippen LogP contribution in [0.1, 0.15) is 17.5 Å². The van der Waals surface area contributed by atoms with E-state index < -0.39 is 0 Å². The monoisotopic (exact) mass is 583 g/mol. The zero-order valence-electron chi connectivity index (χ0n) is 22.2. The quantitative estimate of drug-likeness (QED) is 0.428. The Kier molecular flexibility index (Phi) is 7.41. The number of anilines is 2. The van der Waals surface area contributed by atoms with Crippen molar-refractivity contribution in [2.24, 2.45) is 0 Å². The number of hydrogen-bond acceptors (Lipinski definition) is 11. The average molecular weight is 584 g/mol. The first kappa shape index (κ1) is 27.0. The second-order valence-electron chi connectivity index (χ2n) is 10.1. The molecule has 0 saturated carbocycles. The lowest BCUT2D eigenvalue weighted by atomic mass is 10.1. The predicted molar refractivity (Wildman–Crippen MR) is 151 cm³/mol. The second kappa shape index (κ2) is 11.0. The number of thiazole rings is 1. The molecule has 1 aromatic carbocycles. The number of nitrogens with one attached hydrogen (secondary N) is 1. The van der Waals surface area contributed by atoms with Gasteiger partial charge in [0.05, 0.1) is 18.3 Å². The Morgan fingerprint density at radius 1 is 1.23 bits per heavy atom. The number of amides is 1. The summed E-state index contributed by atoms with van der Waals surface area (Å²) in [6, 6.07) is 8.25. The van der Waals surface area contributed by atoms with E-state index in [-0.39, 0.29) is 23.3 Å². The first-order chi connectivity index (χ1) is 19.3. The van der Waals surface area contributed by atoms with Crippen LogP contribution in [0.5, 0.6) is 0 Å². The van der Waals surface area contributed by atoms with E-state index in [9.17, 15) is 19.6 Å². The molecule has 11 nitrogen and oxygen atoms in total. The second-order valence-corrected chi connectivity index (χ2v) is 12.1. The third kappa shape index (κ3) is 5.04. The number of nitriles is 1. The minimum atomic E-state index is -0.379. The topological polar surface area (TPSA) is 117 Å². The molecular formula is C26H30FN9O2S2. The normalized spacial score (nSPS) is 19.7. The molecule has 1 unspecified atom stereocenters. The summed E-state index contributed by atoms with van der Waals surface area (Å²) in [5.41, 5.74) is 5.76. The first-order valence-corrected chi connectivity index (χ1v) is 14.9. The lowest BCUT2D eigenvalue weighted by molar-refractivity contribution is -0.142. The van der Waals surface area contributed by atoms with E-state index in [0.29, 0.717) is 40.9 Å². The molecule has 3 aliphatic heterocycles. The van der Waals surface area contributed by atoms with Crippen molar-refractivity contribution in [3.05, 3.63) is 40.7 Å². The molecule has 2 aromatic heterocycles. The smallest absolute Gasteiger partial charge is 0.236 e. The molecule has 1 amide bonds. The molecule has 5 heterocycles. The molecule has 2 fully saturated rings. The summed E-state index contributed by atoms with van der Waals surface area (Å²) in [4.78, 5) is 30.7. The van der Waals surface area contributed by atoms with Crippen molar-refractivity contribution < 1.29 is 14.3 Å². The summed E-state index contributed by atoms with van der Waals surface area (Å²) in [6.07, 6.45) is 0.352. The molecule has 0 bridgehead atoms. The van der Waals surface area contributed by atoms with Gasteiger partial charge < -0.3 is 14.9 Å². The molecule has 2 N–H and O–H groups in total. The number of aliphatic hydroxyl groups is 1. The van der Waals surface area contributed by atoms with Gasteiger partial charge in [0.25, 0.3) is 0 Å². The minimum absolute atomic E-state index is 0.00433. The first-order valence-electron chi connectivity index (χ1n) is 13.2. The maximum atomic E-state index is 13.5. The van der Waals surface area contributed by atoms with Crippen LogP contribution in [0.4, 0.5) is 15.3 Å². The number of hydrogen-bond donors (Lipinski definition) is 2. The Morgan fingerprint density at radius 3 is 2.60 bits per heavy atom. The van der Waals surface area contributed by atoms with E-state index in [2.05, 4.69) is 28.2 Å². The number of aliphatic hydroxyl groups excluding tert-OH is 1. The van der Waals surface area contributed by atoms with Gasteiger partial charge in [-0.15, -0.1) is 0 Å². The zero-order chi connectivity index (χ0) is 28.0. The van der Waals surface area contributed by atoms with Gasteiger partial charge in [-0.2, -0.15) is 5.26 Å². The number of carbonyl (C=O) groups is 1. The summed E-state index contributed by atoms with van der Waals surface area (Å²) < 4.78 is 15.5. The number of piperazine rings is 1. The standard InChI is InChI=1S/C26H30FN9O2S2/c1-3-19-23(32(2)24-30-22(20(12-28)39-24)16-4-6-17(27)7-5-16)36-25(29-19)40-26(31-36)34-10-8-33(9-11-34)15-21(38)35-13-18(37)14-35/h4-7,18,26,31,37H,3,8-11,13-15H2,1-2H3. The van der Waals surface area contributed by atoms with Crippen LogP contribution in [0.3, 0.4) is 0 Å². The molecule has 1 atom stereocenters. The van der Waals surface area contributed by atoms with Crippen LogP contribution in [-0.4, -0.2) is 105 Å². The molecule has 14 heteroatoms. The molecule has 2 saturated heterocycles. The van der Waals surface area contributed by atoms with Gasteiger partial charge in [0.15, 0.2) is 16.1 Å². The SMILES string of the molecule is CCc1nc2n(c1N(C)c1nc(-c3ccc(F)cc3)c(C#N)s1)NC(N1CCN(CC(=O)N3CC(O)C3)CC1)S2. The van der Waals surface area contributed by atoms with Crippen molar-refractivity contribution in [2.45, 2.75) is 30.1 Å². The van der Waals surface area contributed by atoms with Gasteiger partial charge in [0.1, 0.15) is 28.0 Å². The highest BCUT2D eigenvalue weighted by Crippen LogP contribution is 2.41. The van der Waals surface area contributed by atoms with Crippen molar-refractivity contribution in [3.63, 3.8) is 0 Å². The molecule has 210 valence electrons. The Balaban J connectivity index is 1.15. The Labute approximate surface area is 239 Å². The van der Waals surface area contributed by atoms with Crippen LogP contribution in [-0.2, 0) is 11.2 Å². The van der Waals surface area contributed by atoms with Gasteiger partial charge in [-0.05, 0) is 42.4 Å². The van der Waals surface area contributed by atoms with Crippen molar-refractivity contribution in [1.29, 1.82) is 5.26 Å². The maximum absolute atomic E-state index is 13.5. The van der Waals surface area contributed by atoms with Gasteiger partial charge in [0.2, 0.25) is 5.91 Å². The van der Waals surface area contributed by atoms with Crippen LogP contribution in [0.25, 0.3) is 11.3 Å². The summed E-state index contributed by atoms with van der Waals surface area (Å²) in [7, 11) is 1.92. The maximum Gasteiger partial charge on any atom is 0.236 e. The van der Waals surface area contributed by atoms with E-state index >= 15 is 0 Å². The highest BCUT2D eigenvalue weighted by atomic mass is 32.2. The number of likely N-dealkylation sites (tertiary alicyclic amines) is 1. The predicted octanol–water partition coefficient (Wildman–Crippen LogP) is 2.10. The molecule has 0 radical (unpaired) electrons. The number of aromatic nitrogens is 3. The van der Waals surface area contributed by atoms with Crippen LogP contribution in [0.2, 0.25) is 0 Å². The van der Waals surface area contributed by atoms with Gasteiger partial charge in [-0.3, -0.25) is 20.0 Å². The fraction of sp³-hybridized carbons (Fsp3) is 0.462. The fourth-order valence-corrected chi connectivity index (χ4v) is 7.11. The van der Waals surface area contributed by atoms with Gasteiger partial charge in [-0.25, -0.2) is 19.0 Å². The van der Waals surface area contributed by atoms with Crippen LogP contribution in [0.15, 0.2) is 29.4 Å². The Hall–Kier alpha value is -3.22. The van der Waals surface area contributed by atoms with Crippen molar-refractivity contribution in [2.75, 3.05) is 63.2 Å². The van der Waals surface area contributed by atoms with Gasteiger partial charge >= 0.3 is 0 Å². The largest absolute Gasteiger partial charge is 0.389 e. The Bertz CT molecular complexity index is 1440. The summed E-state index contributed by atoms with van der Waals surface area (Å²) >= 11 is 2.96. The van der Waals surface area contributed by atoms with E-state index in [1.54, 1.807) is 28.8 Å². The highest BCUT2D eigenvalue weighted by Gasteiger charge is 2.36. The van der Waals surface area contributed by atoms with E-state index in [4.69, 9.17) is 9.97 Å². The van der Waals surface area contributed by atoms with Crippen molar-refractivity contribution >= 4 is 40.0 Å². The molecule has 3 aromatic rings. The number of nitrogens with zero attached hydrogens (tertiary/aromatic N) is 8. The summed E-state index contributed by atoms with van der Waals surface area (Å²) in [6.45, 7) is 6.54. The summed E-state index contributed by atoms with van der Waals surface area (Å²) in [5, 5.41) is 20.7. The van der Waals surface area contributed by atoms with Gasteiger partial charge in [0, 0.05) is 51.9 Å². The molecular weight excluding hydrogens is 553 g/mol. The lowest BCUT2D eigenvalue weighted by Crippen LogP contribution is -2.58. The van der Waals surface area contributed by atoms with Crippen molar-refractivity contribution in [1.82, 2.24) is 29.3 Å². The van der Waals surface area contributed by atoms with Crippen molar-refractivity contribution in [3.8, 4) is 17.3 Å². The molecule has 3 aliphatic rings. The number of imidazole rings is 1. The minimum Gasteiger partial charge on any atom is -0.389 e. The number of β-amino-alcohol motifs (C(OH)–C–C–N with tert-alkyl or cyclic N) is 1. The number of rotatable bonds is 7. The van der Waals surface area contributed by atoms with E-state index in [1.807, 2.05) is 16.6 Å². The van der Waals surface area contributed by atoms with Crippen LogP contribution in [0, 0.1) is 17.1 Å². The van der Waals surface area contributed by atoms with Crippen LogP contribution < -0.4 is 10.3 Å². The number of thioether (sulfide) groups is 1. The number of halogens is 1. The highest BCUT2D eigenvalue weighted by molar-refractivity contribution is 8.00. The van der Waals surface area contributed by atoms with Crippen LogP contribution >= 0.6 is 23.1 Å². The average Bonchev–Trinajstić information content (AvgIpc) is 3.64. The summed E-state index contributed by atoms with van der Waals surface area (Å²) in [5.74, 6) is 0.617. The fourth-order valence-electron chi connectivity index (χ4n) is 5.13. The molecule has 0 spiro atoms. The molecule has 6 rings (SSSR count). The van der Waals surface area contributed by atoms with E-state index in [1.165, 1.54) is 23.5 Å². The number of benzene rings is 1. The molecule has 0 aliphatic carbocycles. The molecule has 40 heavy (non-hydrogen) atoms. The Morgan fingerprint density at radius 2 is 1.95 bits per heavy atom. The number of carbonyl (C=O) groups excluding carboxylic acids is 1. The lowest BCUT2D eigenvalue weighted by Gasteiger charge is -2.40. The number of fused-ring (bicyclic) bond motifs is 1. The zero-order valence-corrected chi connectivity index (χ0v) is 23.9. The third-order valence-corrected chi connectivity index (χ3v) is 9.58.